The first-order valence-electron chi connectivity index (χ1n) is 6.64. The average molecular weight is 215 g/mol. The summed E-state index contributed by atoms with van der Waals surface area (Å²) in [5.74, 6) is 1.81. The van der Waals surface area contributed by atoms with Crippen molar-refractivity contribution >= 4 is 0 Å². The second-order valence-corrected chi connectivity index (χ2v) is 5.63. The lowest BCUT2D eigenvalue weighted by atomic mass is 9.82. The van der Waals surface area contributed by atoms with Crippen LogP contribution in [0.25, 0.3) is 0 Å². The molecule has 16 heavy (non-hydrogen) atoms. The molecule has 2 aliphatic rings. The van der Waals surface area contributed by atoms with Gasteiger partial charge in [-0.2, -0.15) is 0 Å². The predicted molar refractivity (Wildman–Crippen MR) is 67.4 cm³/mol. The monoisotopic (exact) mass is 215 g/mol. The van der Waals surface area contributed by atoms with Crippen LogP contribution in [-0.2, 0) is 6.54 Å². The SMILES string of the molecule is CC1CC(NCc2ccccc2C2CC2)C1. The summed E-state index contributed by atoms with van der Waals surface area (Å²) in [5, 5.41) is 3.69. The van der Waals surface area contributed by atoms with E-state index < -0.39 is 0 Å². The lowest BCUT2D eigenvalue weighted by Gasteiger charge is -2.33. The number of nitrogens with one attached hydrogen (secondary N) is 1. The molecular formula is C15H21N. The van der Waals surface area contributed by atoms with Crippen LogP contribution in [0.5, 0.6) is 0 Å². The van der Waals surface area contributed by atoms with Gasteiger partial charge in [-0.3, -0.25) is 0 Å². The van der Waals surface area contributed by atoms with Gasteiger partial charge in [0.15, 0.2) is 0 Å². The first-order chi connectivity index (χ1) is 7.83. The highest BCUT2D eigenvalue weighted by Crippen LogP contribution is 2.41. The second-order valence-electron chi connectivity index (χ2n) is 5.63. The highest BCUT2D eigenvalue weighted by molar-refractivity contribution is 5.33. The summed E-state index contributed by atoms with van der Waals surface area (Å²) in [5.41, 5.74) is 3.13. The van der Waals surface area contributed by atoms with Crippen LogP contribution >= 0.6 is 0 Å². The van der Waals surface area contributed by atoms with Gasteiger partial charge in [0.2, 0.25) is 0 Å². The van der Waals surface area contributed by atoms with Crippen molar-refractivity contribution in [2.45, 2.75) is 51.1 Å². The van der Waals surface area contributed by atoms with E-state index >= 15 is 0 Å². The Bertz CT molecular complexity index is 361. The minimum Gasteiger partial charge on any atom is -0.310 e. The molecule has 0 unspecified atom stereocenters. The molecule has 3 rings (SSSR count). The van der Waals surface area contributed by atoms with Crippen molar-refractivity contribution in [2.75, 3.05) is 0 Å². The van der Waals surface area contributed by atoms with E-state index in [1.54, 1.807) is 5.56 Å². The Morgan fingerprint density at radius 1 is 1.19 bits per heavy atom. The summed E-state index contributed by atoms with van der Waals surface area (Å²) in [6, 6.07) is 9.75. The van der Waals surface area contributed by atoms with Crippen LogP contribution < -0.4 is 5.32 Å². The summed E-state index contributed by atoms with van der Waals surface area (Å²) < 4.78 is 0. The maximum Gasteiger partial charge on any atom is 0.0210 e. The van der Waals surface area contributed by atoms with E-state index in [1.165, 1.54) is 31.2 Å². The molecule has 0 heterocycles. The van der Waals surface area contributed by atoms with E-state index in [4.69, 9.17) is 0 Å². The average Bonchev–Trinajstić information content (AvgIpc) is 3.07. The van der Waals surface area contributed by atoms with Gasteiger partial charge < -0.3 is 5.32 Å². The molecule has 86 valence electrons. The fraction of sp³-hybridized carbons (Fsp3) is 0.600. The second kappa shape index (κ2) is 4.21. The molecule has 1 N–H and O–H groups in total. The minimum absolute atomic E-state index is 0.780. The van der Waals surface area contributed by atoms with E-state index in [0.29, 0.717) is 0 Å². The van der Waals surface area contributed by atoms with Gasteiger partial charge >= 0.3 is 0 Å². The van der Waals surface area contributed by atoms with E-state index in [-0.39, 0.29) is 0 Å². The molecule has 0 amide bonds. The summed E-state index contributed by atoms with van der Waals surface area (Å²) in [7, 11) is 0. The van der Waals surface area contributed by atoms with Gasteiger partial charge in [-0.25, -0.2) is 0 Å². The van der Waals surface area contributed by atoms with Gasteiger partial charge in [0.05, 0.1) is 0 Å². The first-order valence-corrected chi connectivity index (χ1v) is 6.64. The zero-order valence-electron chi connectivity index (χ0n) is 10.1. The Hall–Kier alpha value is -0.820. The quantitative estimate of drug-likeness (QED) is 0.811. The summed E-state index contributed by atoms with van der Waals surface area (Å²) >= 11 is 0. The van der Waals surface area contributed by atoms with Crippen LogP contribution in [0.4, 0.5) is 0 Å². The molecular weight excluding hydrogens is 194 g/mol. The molecule has 0 aromatic heterocycles. The smallest absolute Gasteiger partial charge is 0.0210 e. The zero-order chi connectivity index (χ0) is 11.0. The standard InChI is InChI=1S/C15H21N/c1-11-8-14(9-11)16-10-13-4-2-3-5-15(13)12-6-7-12/h2-5,11-12,14,16H,6-10H2,1H3. The Balaban J connectivity index is 1.60. The van der Waals surface area contributed by atoms with Crippen molar-refractivity contribution < 1.29 is 0 Å². The van der Waals surface area contributed by atoms with Crippen LogP contribution in [0.2, 0.25) is 0 Å². The molecule has 1 heteroatoms. The van der Waals surface area contributed by atoms with Crippen molar-refractivity contribution in [1.82, 2.24) is 5.32 Å². The topological polar surface area (TPSA) is 12.0 Å². The third-order valence-corrected chi connectivity index (χ3v) is 4.03. The molecule has 2 saturated carbocycles. The van der Waals surface area contributed by atoms with Crippen molar-refractivity contribution in [3.8, 4) is 0 Å². The Morgan fingerprint density at radius 3 is 2.62 bits per heavy atom. The van der Waals surface area contributed by atoms with Gasteiger partial charge in [0.1, 0.15) is 0 Å². The van der Waals surface area contributed by atoms with Crippen LogP contribution in [0.15, 0.2) is 24.3 Å². The number of hydrogen-bond donors (Lipinski definition) is 1. The lowest BCUT2D eigenvalue weighted by molar-refractivity contribution is 0.240. The Morgan fingerprint density at radius 2 is 1.94 bits per heavy atom. The maximum atomic E-state index is 3.69. The van der Waals surface area contributed by atoms with Crippen molar-refractivity contribution in [2.24, 2.45) is 5.92 Å². The van der Waals surface area contributed by atoms with Gasteiger partial charge in [-0.05, 0) is 48.6 Å². The molecule has 1 aromatic carbocycles. The third kappa shape index (κ3) is 2.15. The summed E-state index contributed by atoms with van der Waals surface area (Å²) in [6.07, 6.45) is 5.53. The van der Waals surface area contributed by atoms with Crippen LogP contribution in [0, 0.1) is 5.92 Å². The molecule has 0 atom stereocenters. The largest absolute Gasteiger partial charge is 0.310 e. The molecule has 1 aromatic rings. The normalized spacial score (nSPS) is 28.8. The van der Waals surface area contributed by atoms with E-state index in [9.17, 15) is 0 Å². The molecule has 0 saturated heterocycles. The highest BCUT2D eigenvalue weighted by Gasteiger charge is 2.27. The predicted octanol–water partition coefficient (Wildman–Crippen LogP) is 3.45. The first kappa shape index (κ1) is 10.3. The van der Waals surface area contributed by atoms with Crippen molar-refractivity contribution in [3.63, 3.8) is 0 Å². The zero-order valence-corrected chi connectivity index (χ0v) is 10.1. The maximum absolute atomic E-state index is 3.69. The van der Waals surface area contributed by atoms with E-state index in [2.05, 4.69) is 36.5 Å². The number of benzene rings is 1. The molecule has 0 aliphatic heterocycles. The Kier molecular flexibility index (Phi) is 2.72. The lowest BCUT2D eigenvalue weighted by Crippen LogP contribution is -2.39. The molecule has 0 radical (unpaired) electrons. The molecule has 0 bridgehead atoms. The van der Waals surface area contributed by atoms with Crippen molar-refractivity contribution in [1.29, 1.82) is 0 Å². The van der Waals surface area contributed by atoms with Gasteiger partial charge in [-0.1, -0.05) is 31.2 Å². The van der Waals surface area contributed by atoms with E-state index in [0.717, 1.165) is 24.4 Å². The number of hydrogen-bond acceptors (Lipinski definition) is 1. The Labute approximate surface area is 98.3 Å². The molecule has 2 aliphatic carbocycles. The fourth-order valence-electron chi connectivity index (χ4n) is 2.81. The van der Waals surface area contributed by atoms with Crippen LogP contribution in [0.3, 0.4) is 0 Å². The van der Waals surface area contributed by atoms with Gasteiger partial charge in [0.25, 0.3) is 0 Å². The van der Waals surface area contributed by atoms with Crippen molar-refractivity contribution in [3.05, 3.63) is 35.4 Å². The minimum atomic E-state index is 0.780. The fourth-order valence-corrected chi connectivity index (χ4v) is 2.81. The van der Waals surface area contributed by atoms with E-state index in [1.807, 2.05) is 0 Å². The third-order valence-electron chi connectivity index (χ3n) is 4.03. The van der Waals surface area contributed by atoms with Crippen LogP contribution in [-0.4, -0.2) is 6.04 Å². The van der Waals surface area contributed by atoms with Gasteiger partial charge in [0, 0.05) is 12.6 Å². The summed E-state index contributed by atoms with van der Waals surface area (Å²) in [6.45, 7) is 3.42. The molecule has 0 spiro atoms. The molecule has 2 fully saturated rings. The van der Waals surface area contributed by atoms with Gasteiger partial charge in [-0.15, -0.1) is 0 Å². The number of rotatable bonds is 4. The summed E-state index contributed by atoms with van der Waals surface area (Å²) in [4.78, 5) is 0. The highest BCUT2D eigenvalue weighted by atomic mass is 14.9. The molecule has 1 nitrogen and oxygen atoms in total. The van der Waals surface area contributed by atoms with Crippen LogP contribution in [0.1, 0.15) is 49.7 Å².